The summed E-state index contributed by atoms with van der Waals surface area (Å²) in [5.74, 6) is 6.29. The Balaban J connectivity index is 1.79. The van der Waals surface area contributed by atoms with Gasteiger partial charge in [-0.05, 0) is 37.1 Å². The van der Waals surface area contributed by atoms with Crippen molar-refractivity contribution in [1.29, 1.82) is 0 Å². The predicted molar refractivity (Wildman–Crippen MR) is 75.3 cm³/mol. The number of benzene rings is 1. The lowest BCUT2D eigenvalue weighted by molar-refractivity contribution is 0.0999. The number of hydrogen-bond acceptors (Lipinski definition) is 5. The Morgan fingerprint density at radius 3 is 2.60 bits per heavy atom. The molecule has 3 rings (SSSR count). The lowest BCUT2D eigenvalue weighted by Gasteiger charge is -2.20. The maximum atomic E-state index is 12.9. The smallest absolute Gasteiger partial charge is 0.210 e. The highest BCUT2D eigenvalue weighted by Crippen LogP contribution is 2.29. The monoisotopic (exact) mass is 294 g/mol. The second-order valence-corrected chi connectivity index (χ2v) is 5.88. The number of nitrogens with two attached hydrogens (primary N) is 1. The van der Waals surface area contributed by atoms with Crippen LogP contribution in [0.1, 0.15) is 12.8 Å². The van der Waals surface area contributed by atoms with Gasteiger partial charge in [-0.1, -0.05) is 11.8 Å². The maximum Gasteiger partial charge on any atom is 0.210 e. The molecule has 2 heterocycles. The van der Waals surface area contributed by atoms with E-state index in [1.165, 1.54) is 16.8 Å². The lowest BCUT2D eigenvalue weighted by atomic mass is 10.2. The molecule has 0 unspecified atom stereocenters. The molecule has 0 bridgehead atoms. The average Bonchev–Trinajstić information content (AvgIpc) is 2.83. The molecule has 1 fully saturated rings. The molecule has 7 heteroatoms. The topological polar surface area (TPSA) is 66.0 Å². The van der Waals surface area contributed by atoms with Gasteiger partial charge in [-0.15, -0.1) is 10.2 Å². The van der Waals surface area contributed by atoms with E-state index in [0.717, 1.165) is 31.6 Å². The summed E-state index contributed by atoms with van der Waals surface area (Å²) in [6, 6.07) is 6.06. The van der Waals surface area contributed by atoms with Crippen molar-refractivity contribution in [2.45, 2.75) is 23.2 Å². The third-order valence-electron chi connectivity index (χ3n) is 3.21. The molecule has 1 aliphatic rings. The van der Waals surface area contributed by atoms with E-state index in [9.17, 15) is 4.39 Å². The van der Waals surface area contributed by atoms with Crippen LogP contribution in [0.25, 0.3) is 11.4 Å². The van der Waals surface area contributed by atoms with E-state index >= 15 is 0 Å². The van der Waals surface area contributed by atoms with Gasteiger partial charge in [0.05, 0.1) is 0 Å². The zero-order valence-electron chi connectivity index (χ0n) is 10.8. The van der Waals surface area contributed by atoms with Gasteiger partial charge in [0, 0.05) is 24.0 Å². The van der Waals surface area contributed by atoms with Crippen LogP contribution in [0.2, 0.25) is 0 Å². The molecule has 106 valence electrons. The fraction of sp³-hybridized carbons (Fsp3) is 0.385. The van der Waals surface area contributed by atoms with E-state index in [2.05, 4.69) is 10.2 Å². The average molecular weight is 294 g/mol. The summed E-state index contributed by atoms with van der Waals surface area (Å²) in [5.41, 5.74) is 0.750. The van der Waals surface area contributed by atoms with E-state index in [-0.39, 0.29) is 5.82 Å². The van der Waals surface area contributed by atoms with Gasteiger partial charge in [0.15, 0.2) is 5.82 Å². The number of nitrogens with zero attached hydrogens (tertiary/aromatic N) is 3. The molecule has 0 aliphatic carbocycles. The molecule has 1 aliphatic heterocycles. The largest absolute Gasteiger partial charge is 0.381 e. The Bertz CT molecular complexity index is 581. The third kappa shape index (κ3) is 2.78. The van der Waals surface area contributed by atoms with Crippen LogP contribution in [-0.4, -0.2) is 33.3 Å². The van der Waals surface area contributed by atoms with Crippen molar-refractivity contribution in [3.63, 3.8) is 0 Å². The molecular formula is C13H15FN4OS. The summed E-state index contributed by atoms with van der Waals surface area (Å²) in [6.07, 6.45) is 1.98. The van der Waals surface area contributed by atoms with Gasteiger partial charge >= 0.3 is 0 Å². The van der Waals surface area contributed by atoms with Crippen molar-refractivity contribution in [3.8, 4) is 11.4 Å². The van der Waals surface area contributed by atoms with Crippen LogP contribution < -0.4 is 5.84 Å². The quantitative estimate of drug-likeness (QED) is 0.878. The van der Waals surface area contributed by atoms with Crippen LogP contribution in [0.15, 0.2) is 29.4 Å². The van der Waals surface area contributed by atoms with Gasteiger partial charge in [-0.2, -0.15) is 0 Å². The fourth-order valence-electron chi connectivity index (χ4n) is 2.10. The van der Waals surface area contributed by atoms with E-state index in [1.54, 1.807) is 23.9 Å². The van der Waals surface area contributed by atoms with E-state index in [0.29, 0.717) is 16.2 Å². The van der Waals surface area contributed by atoms with E-state index < -0.39 is 0 Å². The molecule has 2 N–H and O–H groups in total. The second kappa shape index (κ2) is 5.80. The Morgan fingerprint density at radius 2 is 1.90 bits per heavy atom. The minimum atomic E-state index is -0.284. The normalized spacial score (nSPS) is 16.4. The Kier molecular flexibility index (Phi) is 3.88. The summed E-state index contributed by atoms with van der Waals surface area (Å²) >= 11 is 1.62. The van der Waals surface area contributed by atoms with Crippen LogP contribution >= 0.6 is 11.8 Å². The Hall–Kier alpha value is -1.60. The first-order chi connectivity index (χ1) is 9.74. The van der Waals surface area contributed by atoms with Crippen LogP contribution in [0.3, 0.4) is 0 Å². The predicted octanol–water partition coefficient (Wildman–Crippen LogP) is 2.07. The second-order valence-electron chi connectivity index (χ2n) is 4.61. The van der Waals surface area contributed by atoms with Gasteiger partial charge in [-0.25, -0.2) is 9.07 Å². The number of rotatable bonds is 3. The highest BCUT2D eigenvalue weighted by molar-refractivity contribution is 7.99. The molecule has 20 heavy (non-hydrogen) atoms. The van der Waals surface area contributed by atoms with Crippen molar-refractivity contribution in [2.75, 3.05) is 19.1 Å². The molecule has 0 saturated carbocycles. The number of aromatic nitrogens is 3. The molecule has 2 aromatic rings. The molecule has 0 amide bonds. The van der Waals surface area contributed by atoms with Gasteiger partial charge in [-0.3, -0.25) is 0 Å². The molecular weight excluding hydrogens is 279 g/mol. The highest BCUT2D eigenvalue weighted by Gasteiger charge is 2.19. The summed E-state index contributed by atoms with van der Waals surface area (Å²) in [7, 11) is 0. The summed E-state index contributed by atoms with van der Waals surface area (Å²) in [5, 5.41) is 9.35. The molecule has 5 nitrogen and oxygen atoms in total. The van der Waals surface area contributed by atoms with Gasteiger partial charge in [0.2, 0.25) is 5.16 Å². The summed E-state index contributed by atoms with van der Waals surface area (Å²) in [6.45, 7) is 1.56. The summed E-state index contributed by atoms with van der Waals surface area (Å²) < 4.78 is 19.7. The van der Waals surface area contributed by atoms with Gasteiger partial charge < -0.3 is 10.6 Å². The first-order valence-electron chi connectivity index (χ1n) is 6.45. The van der Waals surface area contributed by atoms with Crippen LogP contribution in [0.5, 0.6) is 0 Å². The Morgan fingerprint density at radius 1 is 1.20 bits per heavy atom. The number of halogens is 1. The minimum absolute atomic E-state index is 0.284. The van der Waals surface area contributed by atoms with Crippen LogP contribution in [-0.2, 0) is 4.74 Å². The van der Waals surface area contributed by atoms with Crippen LogP contribution in [0.4, 0.5) is 4.39 Å². The van der Waals surface area contributed by atoms with E-state index in [4.69, 9.17) is 10.6 Å². The molecule has 1 saturated heterocycles. The third-order valence-corrected chi connectivity index (χ3v) is 4.50. The zero-order valence-corrected chi connectivity index (χ0v) is 11.6. The minimum Gasteiger partial charge on any atom is -0.381 e. The summed E-state index contributed by atoms with van der Waals surface area (Å²) in [4.78, 5) is 0. The standard InChI is InChI=1S/C13H15FN4OS/c14-10-3-1-9(2-4-10)12-16-17-13(18(12)15)20-11-5-7-19-8-6-11/h1-4,11H,5-8,15H2. The van der Waals surface area contributed by atoms with Crippen molar-refractivity contribution in [1.82, 2.24) is 14.9 Å². The Labute approximate surface area is 120 Å². The SMILES string of the molecule is Nn1c(SC2CCOCC2)nnc1-c1ccc(F)cc1. The first-order valence-corrected chi connectivity index (χ1v) is 7.33. The number of nitrogen functional groups attached to an aromatic ring is 1. The molecule has 1 aromatic carbocycles. The van der Waals surface area contributed by atoms with Crippen molar-refractivity contribution in [2.24, 2.45) is 0 Å². The number of hydrogen-bond donors (Lipinski definition) is 1. The van der Waals surface area contributed by atoms with Gasteiger partial charge in [0.1, 0.15) is 5.82 Å². The van der Waals surface area contributed by atoms with Crippen molar-refractivity contribution in [3.05, 3.63) is 30.1 Å². The lowest BCUT2D eigenvalue weighted by Crippen LogP contribution is -2.19. The van der Waals surface area contributed by atoms with Crippen molar-refractivity contribution < 1.29 is 9.13 Å². The highest BCUT2D eigenvalue weighted by atomic mass is 32.2. The maximum absolute atomic E-state index is 12.9. The fourth-order valence-corrected chi connectivity index (χ4v) is 3.11. The number of ether oxygens (including phenoxy) is 1. The van der Waals surface area contributed by atoms with Crippen LogP contribution in [0, 0.1) is 5.82 Å². The molecule has 0 radical (unpaired) electrons. The molecule has 0 spiro atoms. The van der Waals surface area contributed by atoms with Crippen molar-refractivity contribution >= 4 is 11.8 Å². The van der Waals surface area contributed by atoms with Gasteiger partial charge in [0.25, 0.3) is 0 Å². The molecule has 1 aromatic heterocycles. The number of thioether (sulfide) groups is 1. The first kappa shape index (κ1) is 13.4. The van der Waals surface area contributed by atoms with E-state index in [1.807, 2.05) is 0 Å². The zero-order chi connectivity index (χ0) is 13.9. The molecule has 0 atom stereocenters.